The van der Waals surface area contributed by atoms with Crippen LogP contribution in [0.3, 0.4) is 0 Å². The number of fused-ring (bicyclic) bond motifs is 2. The molecule has 158 valence electrons. The summed E-state index contributed by atoms with van der Waals surface area (Å²) in [6.07, 6.45) is 0. The molecule has 1 amide bonds. The quantitative estimate of drug-likeness (QED) is 0.416. The molecule has 0 saturated carbocycles. The summed E-state index contributed by atoms with van der Waals surface area (Å²) in [7, 11) is 0. The van der Waals surface area contributed by atoms with Gasteiger partial charge in [-0.15, -0.1) is 15.3 Å². The van der Waals surface area contributed by atoms with Crippen LogP contribution < -0.4 is 10.1 Å². The van der Waals surface area contributed by atoms with Crippen LogP contribution >= 0.6 is 0 Å². The van der Waals surface area contributed by atoms with Gasteiger partial charge in [-0.3, -0.25) is 4.79 Å². The highest BCUT2D eigenvalue weighted by atomic mass is 19.1. The molecular formula is C24H18FN5O2. The first kappa shape index (κ1) is 19.6. The lowest BCUT2D eigenvalue weighted by molar-refractivity contribution is 0.0948. The lowest BCUT2D eigenvalue weighted by atomic mass is 10.0. The average molecular weight is 427 g/mol. The SMILES string of the molecule is O=C(NCCOc1ccc2nnc(-c3cccc(F)c3)n2n1)c1cccc2ccccc12. The number of carbonyl (C=O) groups is 1. The molecule has 5 rings (SSSR count). The van der Waals surface area contributed by atoms with Crippen molar-refractivity contribution in [1.82, 2.24) is 25.1 Å². The number of nitrogens with zero attached hydrogens (tertiary/aromatic N) is 4. The number of carbonyl (C=O) groups excluding carboxylic acids is 1. The number of ether oxygens (including phenoxy) is 1. The smallest absolute Gasteiger partial charge is 0.252 e. The summed E-state index contributed by atoms with van der Waals surface area (Å²) in [5.74, 6) is 0.221. The van der Waals surface area contributed by atoms with Crippen LogP contribution in [-0.4, -0.2) is 38.9 Å². The van der Waals surface area contributed by atoms with Gasteiger partial charge in [0.1, 0.15) is 12.4 Å². The molecule has 8 heteroatoms. The summed E-state index contributed by atoms with van der Waals surface area (Å²) in [5.41, 5.74) is 1.69. The highest BCUT2D eigenvalue weighted by molar-refractivity contribution is 6.06. The molecule has 0 aliphatic carbocycles. The second kappa shape index (κ2) is 8.43. The van der Waals surface area contributed by atoms with Gasteiger partial charge >= 0.3 is 0 Å². The van der Waals surface area contributed by atoms with Crippen molar-refractivity contribution in [2.45, 2.75) is 0 Å². The van der Waals surface area contributed by atoms with Gasteiger partial charge in [0.15, 0.2) is 11.5 Å². The van der Waals surface area contributed by atoms with Gasteiger partial charge in [-0.1, -0.05) is 48.5 Å². The van der Waals surface area contributed by atoms with E-state index in [4.69, 9.17) is 4.74 Å². The van der Waals surface area contributed by atoms with Gasteiger partial charge in [0, 0.05) is 17.2 Å². The Morgan fingerprint density at radius 2 is 1.81 bits per heavy atom. The zero-order valence-corrected chi connectivity index (χ0v) is 16.9. The van der Waals surface area contributed by atoms with Gasteiger partial charge < -0.3 is 10.1 Å². The van der Waals surface area contributed by atoms with Crippen LogP contribution in [0.25, 0.3) is 27.8 Å². The average Bonchev–Trinajstić information content (AvgIpc) is 3.25. The fourth-order valence-electron chi connectivity index (χ4n) is 3.50. The molecule has 5 aromatic rings. The lowest BCUT2D eigenvalue weighted by Gasteiger charge is -2.09. The summed E-state index contributed by atoms with van der Waals surface area (Å²) in [6.45, 7) is 0.535. The van der Waals surface area contributed by atoms with Gasteiger partial charge in [0.25, 0.3) is 5.91 Å². The van der Waals surface area contributed by atoms with E-state index in [0.29, 0.717) is 35.0 Å². The van der Waals surface area contributed by atoms with Crippen molar-refractivity contribution in [2.24, 2.45) is 0 Å². The zero-order chi connectivity index (χ0) is 21.9. The predicted molar refractivity (Wildman–Crippen MR) is 118 cm³/mol. The van der Waals surface area contributed by atoms with Crippen LogP contribution in [0.5, 0.6) is 5.88 Å². The first-order valence-corrected chi connectivity index (χ1v) is 10.1. The summed E-state index contributed by atoms with van der Waals surface area (Å²) in [4.78, 5) is 12.6. The van der Waals surface area contributed by atoms with Gasteiger partial charge in [-0.2, -0.15) is 4.52 Å². The lowest BCUT2D eigenvalue weighted by Crippen LogP contribution is -2.28. The van der Waals surface area contributed by atoms with E-state index >= 15 is 0 Å². The van der Waals surface area contributed by atoms with E-state index in [2.05, 4.69) is 20.6 Å². The molecule has 0 aliphatic heterocycles. The number of amides is 1. The summed E-state index contributed by atoms with van der Waals surface area (Å²) < 4.78 is 20.8. The largest absolute Gasteiger partial charge is 0.475 e. The number of rotatable bonds is 6. The zero-order valence-electron chi connectivity index (χ0n) is 16.9. The van der Waals surface area contributed by atoms with E-state index < -0.39 is 0 Å². The molecule has 0 saturated heterocycles. The van der Waals surface area contributed by atoms with Crippen molar-refractivity contribution >= 4 is 22.3 Å². The molecular weight excluding hydrogens is 409 g/mol. The van der Waals surface area contributed by atoms with Crippen LogP contribution in [0, 0.1) is 5.82 Å². The molecule has 1 N–H and O–H groups in total. The number of aromatic nitrogens is 4. The highest BCUT2D eigenvalue weighted by Gasteiger charge is 2.12. The molecule has 0 bridgehead atoms. The Kier molecular flexibility index (Phi) is 5.17. The molecule has 2 aromatic heterocycles. The van der Waals surface area contributed by atoms with Gasteiger partial charge in [-0.25, -0.2) is 4.39 Å². The Labute approximate surface area is 182 Å². The number of halogens is 1. The van der Waals surface area contributed by atoms with E-state index in [-0.39, 0.29) is 18.3 Å². The van der Waals surface area contributed by atoms with E-state index in [9.17, 15) is 9.18 Å². The third kappa shape index (κ3) is 3.85. The summed E-state index contributed by atoms with van der Waals surface area (Å²) in [5, 5.41) is 17.3. The molecule has 3 aromatic carbocycles. The first-order valence-electron chi connectivity index (χ1n) is 10.1. The van der Waals surface area contributed by atoms with E-state index in [1.54, 1.807) is 30.3 Å². The van der Waals surface area contributed by atoms with Crippen molar-refractivity contribution in [3.8, 4) is 17.3 Å². The van der Waals surface area contributed by atoms with Crippen LogP contribution in [0.15, 0.2) is 78.9 Å². The Morgan fingerprint density at radius 1 is 0.969 bits per heavy atom. The summed E-state index contributed by atoms with van der Waals surface area (Å²) >= 11 is 0. The van der Waals surface area contributed by atoms with Crippen molar-refractivity contribution < 1.29 is 13.9 Å². The molecule has 0 atom stereocenters. The van der Waals surface area contributed by atoms with Crippen molar-refractivity contribution in [2.75, 3.05) is 13.2 Å². The number of hydrogen-bond acceptors (Lipinski definition) is 5. The van der Waals surface area contributed by atoms with Crippen LogP contribution in [0.4, 0.5) is 4.39 Å². The fraction of sp³-hybridized carbons (Fsp3) is 0.0833. The Bertz CT molecular complexity index is 1430. The predicted octanol–water partition coefficient (Wildman–Crippen LogP) is 3.89. The second-order valence-corrected chi connectivity index (χ2v) is 7.11. The topological polar surface area (TPSA) is 81.4 Å². The molecule has 32 heavy (non-hydrogen) atoms. The molecule has 0 aliphatic rings. The number of hydrogen-bond donors (Lipinski definition) is 1. The van der Waals surface area contributed by atoms with E-state index in [0.717, 1.165) is 10.8 Å². The molecule has 0 spiro atoms. The standard InChI is InChI=1S/C24H18FN5O2/c25-18-8-3-7-17(15-18)23-28-27-21-11-12-22(29-30(21)23)32-14-13-26-24(31)20-10-4-6-16-5-1-2-9-19(16)20/h1-12,15H,13-14H2,(H,26,31). The third-order valence-corrected chi connectivity index (χ3v) is 4.99. The second-order valence-electron chi connectivity index (χ2n) is 7.11. The van der Waals surface area contributed by atoms with Gasteiger partial charge in [-0.05, 0) is 35.0 Å². The highest BCUT2D eigenvalue weighted by Crippen LogP contribution is 2.20. The van der Waals surface area contributed by atoms with E-state index in [1.165, 1.54) is 16.6 Å². The van der Waals surface area contributed by atoms with Crippen LogP contribution in [-0.2, 0) is 0 Å². The minimum absolute atomic E-state index is 0.166. The minimum atomic E-state index is -0.367. The maximum atomic E-state index is 13.6. The molecule has 0 fully saturated rings. The number of nitrogens with one attached hydrogen (secondary N) is 1. The third-order valence-electron chi connectivity index (χ3n) is 4.99. The number of benzene rings is 3. The fourth-order valence-corrected chi connectivity index (χ4v) is 3.50. The molecule has 2 heterocycles. The maximum absolute atomic E-state index is 13.6. The van der Waals surface area contributed by atoms with Crippen LogP contribution in [0.1, 0.15) is 10.4 Å². The van der Waals surface area contributed by atoms with E-state index in [1.807, 2.05) is 36.4 Å². The Balaban J connectivity index is 1.26. The van der Waals surface area contributed by atoms with Gasteiger partial charge in [0.2, 0.25) is 5.88 Å². The molecule has 7 nitrogen and oxygen atoms in total. The minimum Gasteiger partial charge on any atom is -0.475 e. The van der Waals surface area contributed by atoms with Gasteiger partial charge in [0.05, 0.1) is 6.54 Å². The maximum Gasteiger partial charge on any atom is 0.252 e. The molecule has 0 unspecified atom stereocenters. The molecule has 0 radical (unpaired) electrons. The summed E-state index contributed by atoms with van der Waals surface area (Å²) in [6, 6.07) is 22.8. The van der Waals surface area contributed by atoms with Crippen molar-refractivity contribution in [1.29, 1.82) is 0 Å². The van der Waals surface area contributed by atoms with Crippen molar-refractivity contribution in [3.63, 3.8) is 0 Å². The first-order chi connectivity index (χ1) is 15.7. The van der Waals surface area contributed by atoms with Crippen molar-refractivity contribution in [3.05, 3.63) is 90.2 Å². The Hall–Kier alpha value is -4.33. The van der Waals surface area contributed by atoms with Crippen LogP contribution in [0.2, 0.25) is 0 Å². The normalized spacial score (nSPS) is 11.0. The Morgan fingerprint density at radius 3 is 2.72 bits per heavy atom. The monoisotopic (exact) mass is 427 g/mol.